The van der Waals surface area contributed by atoms with Crippen molar-refractivity contribution >= 4 is 5.91 Å². The van der Waals surface area contributed by atoms with Gasteiger partial charge in [0, 0.05) is 18.5 Å². The first-order chi connectivity index (χ1) is 6.74. The van der Waals surface area contributed by atoms with Crippen LogP contribution in [0.25, 0.3) is 0 Å². The zero-order valence-corrected chi connectivity index (χ0v) is 9.09. The molecule has 1 fully saturated rings. The third kappa shape index (κ3) is 3.66. The van der Waals surface area contributed by atoms with E-state index in [1.165, 1.54) is 12.8 Å². The van der Waals surface area contributed by atoms with Gasteiger partial charge in [0.1, 0.15) is 0 Å². The lowest BCUT2D eigenvalue weighted by atomic mass is 10.1. The fourth-order valence-corrected chi connectivity index (χ4v) is 1.92. The molecule has 0 aliphatic heterocycles. The van der Waals surface area contributed by atoms with E-state index in [2.05, 4.69) is 12.2 Å². The first-order valence-corrected chi connectivity index (χ1v) is 5.77. The monoisotopic (exact) mass is 198 g/mol. The number of carbonyl (C=O) groups is 1. The Bertz CT molecular complexity index is 176. The fourth-order valence-electron chi connectivity index (χ4n) is 1.92. The summed E-state index contributed by atoms with van der Waals surface area (Å²) in [6, 6.07) is 0.235. The van der Waals surface area contributed by atoms with Crippen LogP contribution < -0.4 is 11.1 Å². The van der Waals surface area contributed by atoms with Crippen molar-refractivity contribution in [3.05, 3.63) is 0 Å². The Morgan fingerprint density at radius 1 is 1.50 bits per heavy atom. The quantitative estimate of drug-likeness (QED) is 0.702. The van der Waals surface area contributed by atoms with Crippen LogP contribution in [-0.4, -0.2) is 18.5 Å². The Morgan fingerprint density at radius 3 is 2.71 bits per heavy atom. The third-order valence-electron chi connectivity index (χ3n) is 3.06. The van der Waals surface area contributed by atoms with Gasteiger partial charge in [0.2, 0.25) is 5.91 Å². The molecule has 1 saturated carbocycles. The van der Waals surface area contributed by atoms with E-state index < -0.39 is 0 Å². The highest BCUT2D eigenvalue weighted by Crippen LogP contribution is 2.24. The molecular formula is C11H22N2O. The first kappa shape index (κ1) is 11.5. The molecule has 1 unspecified atom stereocenters. The Morgan fingerprint density at radius 2 is 2.14 bits per heavy atom. The van der Waals surface area contributed by atoms with E-state index in [1.54, 1.807) is 0 Å². The SMILES string of the molecule is CCC(N)CCNC(=O)C1CCCC1. The minimum atomic E-state index is 0.235. The summed E-state index contributed by atoms with van der Waals surface area (Å²) in [6.07, 6.45) is 6.46. The lowest BCUT2D eigenvalue weighted by Gasteiger charge is -2.12. The standard InChI is InChI=1S/C11H22N2O/c1-2-10(12)7-8-13-11(14)9-5-3-4-6-9/h9-10H,2-8,12H2,1H3,(H,13,14). The Kier molecular flexibility index (Phi) is 4.94. The molecular weight excluding hydrogens is 176 g/mol. The smallest absolute Gasteiger partial charge is 0.223 e. The predicted octanol–water partition coefficient (Wildman–Crippen LogP) is 1.42. The van der Waals surface area contributed by atoms with Crippen molar-refractivity contribution in [2.24, 2.45) is 11.7 Å². The van der Waals surface area contributed by atoms with E-state index in [9.17, 15) is 4.79 Å². The largest absolute Gasteiger partial charge is 0.356 e. The van der Waals surface area contributed by atoms with Gasteiger partial charge in [-0.2, -0.15) is 0 Å². The van der Waals surface area contributed by atoms with Crippen molar-refractivity contribution in [1.29, 1.82) is 0 Å². The molecule has 0 radical (unpaired) electrons. The second-order valence-corrected chi connectivity index (χ2v) is 4.23. The lowest BCUT2D eigenvalue weighted by Crippen LogP contribution is -2.33. The minimum absolute atomic E-state index is 0.235. The van der Waals surface area contributed by atoms with Gasteiger partial charge >= 0.3 is 0 Å². The molecule has 0 aromatic rings. The number of amides is 1. The first-order valence-electron chi connectivity index (χ1n) is 5.77. The van der Waals surface area contributed by atoms with Crippen LogP contribution in [0.5, 0.6) is 0 Å². The van der Waals surface area contributed by atoms with Crippen LogP contribution in [0.2, 0.25) is 0 Å². The zero-order valence-electron chi connectivity index (χ0n) is 9.09. The van der Waals surface area contributed by atoms with Gasteiger partial charge in [0.25, 0.3) is 0 Å². The van der Waals surface area contributed by atoms with Crippen molar-refractivity contribution < 1.29 is 4.79 Å². The molecule has 0 heterocycles. The van der Waals surface area contributed by atoms with Crippen LogP contribution in [0.15, 0.2) is 0 Å². The molecule has 0 aromatic heterocycles. The van der Waals surface area contributed by atoms with Crippen LogP contribution in [0.1, 0.15) is 45.4 Å². The Hall–Kier alpha value is -0.570. The van der Waals surface area contributed by atoms with E-state index in [0.29, 0.717) is 0 Å². The van der Waals surface area contributed by atoms with Crippen molar-refractivity contribution in [1.82, 2.24) is 5.32 Å². The second kappa shape index (κ2) is 6.02. The minimum Gasteiger partial charge on any atom is -0.356 e. The van der Waals surface area contributed by atoms with Gasteiger partial charge in [0.15, 0.2) is 0 Å². The van der Waals surface area contributed by atoms with Crippen LogP contribution in [0.4, 0.5) is 0 Å². The number of carbonyl (C=O) groups excluding carboxylic acids is 1. The maximum absolute atomic E-state index is 11.6. The number of hydrogen-bond donors (Lipinski definition) is 2. The van der Waals surface area contributed by atoms with Crippen molar-refractivity contribution in [3.63, 3.8) is 0 Å². The predicted molar refractivity (Wildman–Crippen MR) is 57.9 cm³/mol. The number of nitrogens with one attached hydrogen (secondary N) is 1. The van der Waals surface area contributed by atoms with E-state index in [-0.39, 0.29) is 17.9 Å². The average Bonchev–Trinajstić information content (AvgIpc) is 2.70. The van der Waals surface area contributed by atoms with E-state index in [1.807, 2.05) is 0 Å². The normalized spacial score (nSPS) is 19.6. The maximum Gasteiger partial charge on any atom is 0.223 e. The molecule has 3 heteroatoms. The number of nitrogens with two attached hydrogens (primary N) is 1. The molecule has 0 saturated heterocycles. The van der Waals surface area contributed by atoms with Gasteiger partial charge in [0.05, 0.1) is 0 Å². The summed E-state index contributed by atoms with van der Waals surface area (Å²) in [5, 5.41) is 2.97. The molecule has 1 aliphatic rings. The third-order valence-corrected chi connectivity index (χ3v) is 3.06. The summed E-state index contributed by atoms with van der Waals surface area (Å²) < 4.78 is 0. The molecule has 3 nitrogen and oxygen atoms in total. The number of hydrogen-bond acceptors (Lipinski definition) is 2. The molecule has 1 atom stereocenters. The molecule has 1 amide bonds. The molecule has 1 aliphatic carbocycles. The summed E-state index contributed by atoms with van der Waals surface area (Å²) in [6.45, 7) is 2.81. The molecule has 1 rings (SSSR count). The molecule has 82 valence electrons. The van der Waals surface area contributed by atoms with E-state index in [4.69, 9.17) is 5.73 Å². The van der Waals surface area contributed by atoms with Crippen LogP contribution in [0.3, 0.4) is 0 Å². The summed E-state index contributed by atoms with van der Waals surface area (Å²) in [4.78, 5) is 11.6. The highest BCUT2D eigenvalue weighted by atomic mass is 16.1. The topological polar surface area (TPSA) is 55.1 Å². The fraction of sp³-hybridized carbons (Fsp3) is 0.909. The van der Waals surface area contributed by atoms with Gasteiger partial charge in [-0.3, -0.25) is 4.79 Å². The van der Waals surface area contributed by atoms with Crippen molar-refractivity contribution in [3.8, 4) is 0 Å². The van der Waals surface area contributed by atoms with Gasteiger partial charge in [-0.1, -0.05) is 19.8 Å². The highest BCUT2D eigenvalue weighted by Gasteiger charge is 2.21. The Labute approximate surface area is 86.4 Å². The zero-order chi connectivity index (χ0) is 10.4. The molecule has 14 heavy (non-hydrogen) atoms. The van der Waals surface area contributed by atoms with Crippen molar-refractivity contribution in [2.75, 3.05) is 6.54 Å². The second-order valence-electron chi connectivity index (χ2n) is 4.23. The van der Waals surface area contributed by atoms with E-state index >= 15 is 0 Å². The molecule has 0 spiro atoms. The molecule has 0 aromatic carbocycles. The van der Waals surface area contributed by atoms with Crippen molar-refractivity contribution in [2.45, 2.75) is 51.5 Å². The van der Waals surface area contributed by atoms with Gasteiger partial charge in [-0.15, -0.1) is 0 Å². The average molecular weight is 198 g/mol. The summed E-state index contributed by atoms with van der Waals surface area (Å²) in [5.74, 6) is 0.527. The van der Waals surface area contributed by atoms with Crippen LogP contribution in [-0.2, 0) is 4.79 Å². The summed E-state index contributed by atoms with van der Waals surface area (Å²) in [7, 11) is 0. The van der Waals surface area contributed by atoms with Gasteiger partial charge in [-0.05, 0) is 25.7 Å². The lowest BCUT2D eigenvalue weighted by molar-refractivity contribution is -0.124. The highest BCUT2D eigenvalue weighted by molar-refractivity contribution is 5.78. The van der Waals surface area contributed by atoms with Gasteiger partial charge in [-0.25, -0.2) is 0 Å². The summed E-state index contributed by atoms with van der Waals surface area (Å²) >= 11 is 0. The Balaban J connectivity index is 2.08. The van der Waals surface area contributed by atoms with Crippen LogP contribution in [0, 0.1) is 5.92 Å². The molecule has 3 N–H and O–H groups in total. The van der Waals surface area contributed by atoms with E-state index in [0.717, 1.165) is 32.2 Å². The van der Waals surface area contributed by atoms with Gasteiger partial charge < -0.3 is 11.1 Å². The summed E-state index contributed by atoms with van der Waals surface area (Å²) in [5.41, 5.74) is 5.76. The van der Waals surface area contributed by atoms with Crippen LogP contribution >= 0.6 is 0 Å². The molecule has 0 bridgehead atoms. The maximum atomic E-state index is 11.6. The number of rotatable bonds is 5.